The van der Waals surface area contributed by atoms with Crippen molar-refractivity contribution in [2.24, 2.45) is 0 Å². The van der Waals surface area contributed by atoms with Gasteiger partial charge in [0.2, 0.25) is 0 Å². The van der Waals surface area contributed by atoms with Crippen molar-refractivity contribution >= 4 is 34.2 Å². The summed E-state index contributed by atoms with van der Waals surface area (Å²) >= 11 is 8.76. The second-order valence-corrected chi connectivity index (χ2v) is 10.8. The minimum atomic E-state index is -0.621. The molecule has 6 rings (SSSR count). The van der Waals surface area contributed by atoms with Gasteiger partial charge in [-0.1, -0.05) is 13.5 Å². The molecule has 6 bridgehead atoms. The molecule has 0 saturated carbocycles. The molecule has 152 valence electrons. The number of hydrogen-bond donors (Lipinski definition) is 0. The third-order valence-corrected chi connectivity index (χ3v) is 7.58. The lowest BCUT2D eigenvalue weighted by molar-refractivity contribution is -0.292. The fourth-order valence-corrected chi connectivity index (χ4v) is 6.58. The molecule has 6 aliphatic heterocycles. The summed E-state index contributed by atoms with van der Waals surface area (Å²) < 4.78 is 33.5. The summed E-state index contributed by atoms with van der Waals surface area (Å²) in [5.74, 6) is -0.621. The first-order chi connectivity index (χ1) is 13.0. The van der Waals surface area contributed by atoms with Crippen molar-refractivity contribution in [2.45, 2.75) is 112 Å². The van der Waals surface area contributed by atoms with E-state index < -0.39 is 5.79 Å². The van der Waals surface area contributed by atoms with Crippen LogP contribution < -0.4 is 0 Å². The fourth-order valence-electron chi connectivity index (χ4n) is 5.50. The third kappa shape index (κ3) is 3.41. The Balaban J connectivity index is 1.36. The van der Waals surface area contributed by atoms with Crippen LogP contribution in [0.5, 0.6) is 0 Å². The lowest BCUT2D eigenvalue weighted by Gasteiger charge is -2.47. The first-order valence-corrected chi connectivity index (χ1v) is 11.8. The highest BCUT2D eigenvalue weighted by Crippen LogP contribution is 2.54. The van der Waals surface area contributed by atoms with Crippen molar-refractivity contribution in [3.63, 3.8) is 0 Å². The summed E-state index contributed by atoms with van der Waals surface area (Å²) in [6.07, 6.45) is 6.37. The molecule has 6 saturated heterocycles. The molecule has 5 nitrogen and oxygen atoms in total. The number of ether oxygens (including phenoxy) is 5. The summed E-state index contributed by atoms with van der Waals surface area (Å²) in [5, 5.41) is 0.0490. The molecule has 0 aromatic heterocycles. The van der Waals surface area contributed by atoms with E-state index in [0.717, 1.165) is 48.5 Å². The molecular weight excluding hydrogens is 483 g/mol. The Hall–Kier alpha value is 0.560. The Labute approximate surface area is 179 Å². The van der Waals surface area contributed by atoms with Gasteiger partial charge in [-0.15, -0.1) is 11.6 Å². The van der Waals surface area contributed by atoms with Crippen molar-refractivity contribution in [1.82, 2.24) is 0 Å². The lowest BCUT2D eigenvalue weighted by atomic mass is 9.87. The number of fused-ring (bicyclic) bond motifs is 1. The second-order valence-electron chi connectivity index (χ2n) is 8.62. The summed E-state index contributed by atoms with van der Waals surface area (Å²) in [6, 6.07) is 0. The van der Waals surface area contributed by atoms with E-state index in [1.165, 1.54) is 0 Å². The van der Waals surface area contributed by atoms with E-state index in [1.807, 2.05) is 0 Å². The number of halogens is 2. The first kappa shape index (κ1) is 19.5. The molecule has 27 heavy (non-hydrogen) atoms. The van der Waals surface area contributed by atoms with Crippen molar-refractivity contribution < 1.29 is 23.7 Å². The molecule has 6 aliphatic rings. The van der Waals surface area contributed by atoms with Crippen LogP contribution in [0.1, 0.15) is 51.9 Å². The van der Waals surface area contributed by atoms with Crippen LogP contribution in [0, 0.1) is 0 Å². The van der Waals surface area contributed by atoms with E-state index in [-0.39, 0.29) is 54.2 Å². The standard InChI is InChI=1S/C20H28ClIO5/c1-3-12-4-5-13-15(23-12)19-18-17(24-13)16-14(25-18)9-20(26-16,27-19)7-6-11(21)8-10(2)22/h11-19H,2-9H2,1H3/t11-,12+,13+,14?,15+,16?,17?,18?,19?,20+/m1/s1. The normalized spacial score (nSPS) is 51.1. The molecule has 7 heteroatoms. The van der Waals surface area contributed by atoms with E-state index in [4.69, 9.17) is 35.3 Å². The molecule has 0 aromatic carbocycles. The number of allylic oxidation sites excluding steroid dienone is 1. The van der Waals surface area contributed by atoms with Gasteiger partial charge in [0, 0.05) is 18.2 Å². The van der Waals surface area contributed by atoms with Gasteiger partial charge in [-0.2, -0.15) is 0 Å². The summed E-state index contributed by atoms with van der Waals surface area (Å²) in [7, 11) is 0. The highest BCUT2D eigenvalue weighted by atomic mass is 127. The summed E-state index contributed by atoms with van der Waals surface area (Å²) in [5.41, 5.74) is 0. The van der Waals surface area contributed by atoms with Gasteiger partial charge in [0.25, 0.3) is 0 Å². The van der Waals surface area contributed by atoms with Gasteiger partial charge in [0.05, 0.1) is 18.3 Å². The molecule has 0 aromatic rings. The predicted molar refractivity (Wildman–Crippen MR) is 109 cm³/mol. The van der Waals surface area contributed by atoms with Gasteiger partial charge in [0.15, 0.2) is 5.79 Å². The monoisotopic (exact) mass is 510 g/mol. The van der Waals surface area contributed by atoms with E-state index in [1.54, 1.807) is 0 Å². The first-order valence-electron chi connectivity index (χ1n) is 10.3. The Kier molecular flexibility index (Phi) is 5.32. The minimum absolute atomic E-state index is 0.0295. The predicted octanol–water partition coefficient (Wildman–Crippen LogP) is 4.09. The van der Waals surface area contributed by atoms with Crippen molar-refractivity contribution in [2.75, 3.05) is 0 Å². The zero-order chi connectivity index (χ0) is 18.8. The molecule has 10 atom stereocenters. The maximum Gasteiger partial charge on any atom is 0.172 e. The van der Waals surface area contributed by atoms with Gasteiger partial charge in [-0.05, 0) is 58.3 Å². The lowest BCUT2D eigenvalue weighted by Crippen LogP contribution is -2.61. The quantitative estimate of drug-likeness (QED) is 0.398. The molecule has 6 fully saturated rings. The van der Waals surface area contributed by atoms with Gasteiger partial charge in [-0.25, -0.2) is 0 Å². The molecule has 5 unspecified atom stereocenters. The fraction of sp³-hybridized carbons (Fsp3) is 0.900. The van der Waals surface area contributed by atoms with Crippen LogP contribution >= 0.6 is 34.2 Å². The average Bonchev–Trinajstić information content (AvgIpc) is 3.04. The third-order valence-electron chi connectivity index (χ3n) is 6.77. The van der Waals surface area contributed by atoms with Gasteiger partial charge < -0.3 is 23.7 Å². The number of hydrogen-bond acceptors (Lipinski definition) is 5. The van der Waals surface area contributed by atoms with E-state index in [2.05, 4.69) is 36.1 Å². The maximum atomic E-state index is 6.70. The maximum absolute atomic E-state index is 6.70. The molecule has 0 spiro atoms. The van der Waals surface area contributed by atoms with Crippen LogP contribution in [0.25, 0.3) is 0 Å². The Bertz CT molecular complexity index is 605. The van der Waals surface area contributed by atoms with Crippen LogP contribution in [0.4, 0.5) is 0 Å². The number of alkyl halides is 1. The van der Waals surface area contributed by atoms with Crippen LogP contribution in [0.3, 0.4) is 0 Å². The van der Waals surface area contributed by atoms with Gasteiger partial charge in [0.1, 0.15) is 30.5 Å². The largest absolute Gasteiger partial charge is 0.369 e. The zero-order valence-electron chi connectivity index (χ0n) is 15.7. The van der Waals surface area contributed by atoms with Crippen molar-refractivity contribution in [3.8, 4) is 0 Å². The second kappa shape index (κ2) is 7.36. The summed E-state index contributed by atoms with van der Waals surface area (Å²) in [4.78, 5) is 0. The molecule has 0 amide bonds. The smallest absolute Gasteiger partial charge is 0.172 e. The Morgan fingerprint density at radius 3 is 2.59 bits per heavy atom. The molecule has 0 N–H and O–H groups in total. The minimum Gasteiger partial charge on any atom is -0.369 e. The molecule has 0 aliphatic carbocycles. The Morgan fingerprint density at radius 1 is 1.07 bits per heavy atom. The molecule has 0 radical (unpaired) electrons. The van der Waals surface area contributed by atoms with Crippen LogP contribution in [0.15, 0.2) is 10.2 Å². The Morgan fingerprint density at radius 2 is 1.81 bits per heavy atom. The van der Waals surface area contributed by atoms with Crippen LogP contribution in [-0.2, 0) is 23.7 Å². The molecular formula is C20H28ClIO5. The SMILES string of the molecule is C=C(I)C[C@H](Cl)CC[C@@]12CC3OC4C(O[C@H]5CC[C@H](CC)O[C@@H]5C4O1)C3O2. The van der Waals surface area contributed by atoms with E-state index in [0.29, 0.717) is 0 Å². The van der Waals surface area contributed by atoms with E-state index in [9.17, 15) is 0 Å². The van der Waals surface area contributed by atoms with Crippen LogP contribution in [0.2, 0.25) is 0 Å². The highest BCUT2D eigenvalue weighted by Gasteiger charge is 2.68. The molecule has 6 heterocycles. The topological polar surface area (TPSA) is 46.2 Å². The van der Waals surface area contributed by atoms with Gasteiger partial charge >= 0.3 is 0 Å². The number of rotatable bonds is 6. The van der Waals surface area contributed by atoms with Gasteiger partial charge in [-0.3, -0.25) is 0 Å². The average molecular weight is 511 g/mol. The van der Waals surface area contributed by atoms with E-state index >= 15 is 0 Å². The van der Waals surface area contributed by atoms with Crippen molar-refractivity contribution in [3.05, 3.63) is 10.2 Å². The highest BCUT2D eigenvalue weighted by molar-refractivity contribution is 14.1. The van der Waals surface area contributed by atoms with Crippen molar-refractivity contribution in [1.29, 1.82) is 0 Å². The van der Waals surface area contributed by atoms with Crippen LogP contribution in [-0.4, -0.2) is 60.0 Å². The zero-order valence-corrected chi connectivity index (χ0v) is 18.6. The summed E-state index contributed by atoms with van der Waals surface area (Å²) in [6.45, 7) is 6.14.